The first kappa shape index (κ1) is 19.4. The van der Waals surface area contributed by atoms with Crippen LogP contribution >= 0.6 is 11.8 Å². The number of carbonyl (C=O) groups is 1. The number of carbonyl (C=O) groups excluding carboxylic acids is 1. The highest BCUT2D eigenvalue weighted by Crippen LogP contribution is 1.99. The van der Waals surface area contributed by atoms with E-state index in [0.29, 0.717) is 18.7 Å². The van der Waals surface area contributed by atoms with Crippen molar-refractivity contribution in [1.82, 2.24) is 16.0 Å². The third-order valence-electron chi connectivity index (χ3n) is 3.11. The first-order valence-corrected chi connectivity index (χ1v) is 9.51. The van der Waals surface area contributed by atoms with Gasteiger partial charge in [-0.2, -0.15) is 11.8 Å². The zero-order valence-corrected chi connectivity index (χ0v) is 14.9. The minimum atomic E-state index is -0.0496. The maximum atomic E-state index is 11.9. The van der Waals surface area contributed by atoms with Crippen LogP contribution in [-0.2, 0) is 0 Å². The van der Waals surface area contributed by atoms with E-state index in [1.807, 2.05) is 49.0 Å². The van der Waals surface area contributed by atoms with Crippen LogP contribution in [0, 0.1) is 0 Å². The van der Waals surface area contributed by atoms with Crippen LogP contribution in [0.25, 0.3) is 0 Å². The summed E-state index contributed by atoms with van der Waals surface area (Å²) in [6.07, 6.45) is 4.41. The zero-order chi connectivity index (χ0) is 16.8. The van der Waals surface area contributed by atoms with Gasteiger partial charge in [0.15, 0.2) is 5.96 Å². The molecule has 0 fully saturated rings. The number of aliphatic imine (C=N–C) groups is 1. The van der Waals surface area contributed by atoms with Gasteiger partial charge in [-0.15, -0.1) is 0 Å². The predicted molar refractivity (Wildman–Crippen MR) is 100 cm³/mol. The molecule has 0 unspecified atom stereocenters. The lowest BCUT2D eigenvalue weighted by atomic mass is 10.2. The average molecular weight is 337 g/mol. The van der Waals surface area contributed by atoms with Crippen molar-refractivity contribution in [3.8, 4) is 0 Å². The number of hydrogen-bond acceptors (Lipinski definition) is 3. The van der Waals surface area contributed by atoms with Gasteiger partial charge in [-0.1, -0.05) is 18.2 Å². The number of amides is 1. The summed E-state index contributed by atoms with van der Waals surface area (Å²) in [7, 11) is 0. The minimum absolute atomic E-state index is 0.0496. The van der Waals surface area contributed by atoms with E-state index in [1.165, 1.54) is 12.2 Å². The van der Waals surface area contributed by atoms with Crippen molar-refractivity contribution < 1.29 is 4.79 Å². The molecular weight excluding hydrogens is 308 g/mol. The molecular formula is C17H28N4OS. The number of hydrogen-bond donors (Lipinski definition) is 3. The third-order valence-corrected chi connectivity index (χ3v) is 3.81. The van der Waals surface area contributed by atoms with Gasteiger partial charge in [0.05, 0.1) is 0 Å². The first-order valence-electron chi connectivity index (χ1n) is 8.12. The molecule has 0 spiro atoms. The van der Waals surface area contributed by atoms with Crippen molar-refractivity contribution in [2.24, 2.45) is 4.99 Å². The summed E-state index contributed by atoms with van der Waals surface area (Å²) in [5.41, 5.74) is 0.682. The molecule has 0 heterocycles. The summed E-state index contributed by atoms with van der Waals surface area (Å²) in [5.74, 6) is 1.95. The molecule has 23 heavy (non-hydrogen) atoms. The molecule has 0 saturated carbocycles. The molecule has 0 aromatic heterocycles. The third kappa shape index (κ3) is 9.13. The lowest BCUT2D eigenvalue weighted by Gasteiger charge is -2.12. The van der Waals surface area contributed by atoms with E-state index in [1.54, 1.807) is 0 Å². The molecule has 0 saturated heterocycles. The van der Waals surface area contributed by atoms with Crippen LogP contribution < -0.4 is 16.0 Å². The van der Waals surface area contributed by atoms with Crippen molar-refractivity contribution in [3.05, 3.63) is 35.9 Å². The molecule has 0 aliphatic heterocycles. The number of benzene rings is 1. The van der Waals surface area contributed by atoms with Crippen molar-refractivity contribution >= 4 is 23.6 Å². The van der Waals surface area contributed by atoms with Gasteiger partial charge >= 0.3 is 0 Å². The maximum Gasteiger partial charge on any atom is 0.251 e. The van der Waals surface area contributed by atoms with Gasteiger partial charge < -0.3 is 16.0 Å². The van der Waals surface area contributed by atoms with E-state index in [4.69, 9.17) is 0 Å². The Morgan fingerprint density at radius 2 is 1.83 bits per heavy atom. The van der Waals surface area contributed by atoms with E-state index >= 15 is 0 Å². The Morgan fingerprint density at radius 1 is 1.09 bits per heavy atom. The fourth-order valence-electron chi connectivity index (χ4n) is 1.94. The Bertz CT molecular complexity index is 465. The largest absolute Gasteiger partial charge is 0.357 e. The van der Waals surface area contributed by atoms with Gasteiger partial charge in [-0.3, -0.25) is 9.79 Å². The van der Waals surface area contributed by atoms with Gasteiger partial charge in [0.2, 0.25) is 0 Å². The summed E-state index contributed by atoms with van der Waals surface area (Å²) >= 11 is 1.87. The van der Waals surface area contributed by atoms with Crippen LogP contribution in [0.2, 0.25) is 0 Å². The standard InChI is InChI=1S/C17H28N4OS/c1-3-18-17(20-11-7-8-14-23-2)21-13-12-19-16(22)15-9-5-4-6-10-15/h4-6,9-10H,3,7-8,11-14H2,1-2H3,(H,19,22)(H2,18,20,21). The highest BCUT2D eigenvalue weighted by molar-refractivity contribution is 7.98. The van der Waals surface area contributed by atoms with E-state index < -0.39 is 0 Å². The molecule has 0 aliphatic rings. The Morgan fingerprint density at radius 3 is 2.52 bits per heavy atom. The van der Waals surface area contributed by atoms with Crippen molar-refractivity contribution in [2.45, 2.75) is 19.8 Å². The monoisotopic (exact) mass is 336 g/mol. The van der Waals surface area contributed by atoms with Crippen molar-refractivity contribution in [1.29, 1.82) is 0 Å². The minimum Gasteiger partial charge on any atom is -0.357 e. The second kappa shape index (κ2) is 12.8. The number of thioether (sulfide) groups is 1. The summed E-state index contributed by atoms with van der Waals surface area (Å²) in [4.78, 5) is 16.4. The predicted octanol–water partition coefficient (Wildman–Crippen LogP) is 2.11. The highest BCUT2D eigenvalue weighted by Gasteiger charge is 2.03. The summed E-state index contributed by atoms with van der Waals surface area (Å²) in [5, 5.41) is 9.35. The molecule has 128 valence electrons. The van der Waals surface area contributed by atoms with Crippen LogP contribution in [0.1, 0.15) is 30.1 Å². The maximum absolute atomic E-state index is 11.9. The van der Waals surface area contributed by atoms with Gasteiger partial charge in [0, 0.05) is 31.7 Å². The topological polar surface area (TPSA) is 65.5 Å². The number of rotatable bonds is 10. The molecule has 0 radical (unpaired) electrons. The van der Waals surface area contributed by atoms with Crippen LogP contribution in [0.5, 0.6) is 0 Å². The van der Waals surface area contributed by atoms with Crippen LogP contribution in [-0.4, -0.2) is 50.1 Å². The lowest BCUT2D eigenvalue weighted by molar-refractivity contribution is 0.0954. The van der Waals surface area contributed by atoms with E-state index in [2.05, 4.69) is 27.2 Å². The quantitative estimate of drug-likeness (QED) is 0.348. The Labute approximate surface area is 143 Å². The summed E-state index contributed by atoms with van der Waals surface area (Å²) in [6, 6.07) is 9.24. The van der Waals surface area contributed by atoms with Crippen molar-refractivity contribution in [3.63, 3.8) is 0 Å². The molecule has 0 aliphatic carbocycles. The molecule has 1 rings (SSSR count). The number of unbranched alkanes of at least 4 members (excludes halogenated alkanes) is 1. The van der Waals surface area contributed by atoms with Gasteiger partial charge in [0.1, 0.15) is 0 Å². The number of guanidine groups is 1. The molecule has 0 atom stereocenters. The fourth-order valence-corrected chi connectivity index (χ4v) is 2.43. The lowest BCUT2D eigenvalue weighted by Crippen LogP contribution is -2.41. The molecule has 3 N–H and O–H groups in total. The SMILES string of the molecule is CCNC(=NCCCCSC)NCCNC(=O)c1ccccc1. The highest BCUT2D eigenvalue weighted by atomic mass is 32.2. The summed E-state index contributed by atoms with van der Waals surface area (Å²) in [6.45, 7) is 4.90. The second-order valence-electron chi connectivity index (χ2n) is 5.01. The second-order valence-corrected chi connectivity index (χ2v) is 5.99. The smallest absolute Gasteiger partial charge is 0.251 e. The fraction of sp³-hybridized carbons (Fsp3) is 0.529. The van der Waals surface area contributed by atoms with E-state index in [0.717, 1.165) is 25.5 Å². The van der Waals surface area contributed by atoms with E-state index in [-0.39, 0.29) is 5.91 Å². The average Bonchev–Trinajstić information content (AvgIpc) is 2.59. The molecule has 1 amide bonds. The van der Waals surface area contributed by atoms with Gasteiger partial charge in [-0.05, 0) is 43.9 Å². The summed E-state index contributed by atoms with van der Waals surface area (Å²) < 4.78 is 0. The number of nitrogens with one attached hydrogen (secondary N) is 3. The van der Waals surface area contributed by atoms with E-state index in [9.17, 15) is 4.79 Å². The Kier molecular flexibility index (Phi) is 10.8. The zero-order valence-electron chi connectivity index (χ0n) is 14.1. The molecule has 1 aromatic rings. The normalized spacial score (nSPS) is 11.1. The molecule has 0 bridgehead atoms. The molecule has 1 aromatic carbocycles. The van der Waals surface area contributed by atoms with Gasteiger partial charge in [0.25, 0.3) is 5.91 Å². The molecule has 6 heteroatoms. The number of nitrogens with zero attached hydrogens (tertiary/aromatic N) is 1. The van der Waals surface area contributed by atoms with Crippen LogP contribution in [0.3, 0.4) is 0 Å². The van der Waals surface area contributed by atoms with Crippen LogP contribution in [0.15, 0.2) is 35.3 Å². The Balaban J connectivity index is 2.24. The van der Waals surface area contributed by atoms with Crippen LogP contribution in [0.4, 0.5) is 0 Å². The first-order chi connectivity index (χ1) is 11.3. The molecule has 5 nitrogen and oxygen atoms in total. The Hall–Kier alpha value is -1.69. The van der Waals surface area contributed by atoms with Crippen molar-refractivity contribution in [2.75, 3.05) is 38.2 Å². The van der Waals surface area contributed by atoms with Gasteiger partial charge in [-0.25, -0.2) is 0 Å².